The molecule has 0 atom stereocenters. The van der Waals surface area contributed by atoms with Gasteiger partial charge in [0.15, 0.2) is 11.6 Å². The van der Waals surface area contributed by atoms with Gasteiger partial charge in [0.1, 0.15) is 6.07 Å². The third kappa shape index (κ3) is 5.28. The zero-order valence-electron chi connectivity index (χ0n) is 29.3. The van der Waals surface area contributed by atoms with Crippen molar-refractivity contribution in [2.24, 2.45) is 0 Å². The van der Waals surface area contributed by atoms with Crippen LogP contribution in [0.15, 0.2) is 158 Å². The van der Waals surface area contributed by atoms with E-state index < -0.39 is 11.7 Å². The molecule has 0 saturated carbocycles. The number of nitrogens with zero attached hydrogens (tertiary/aromatic N) is 7. The number of hydrogen-bond acceptors (Lipinski definition) is 5. The highest BCUT2D eigenvalue weighted by molar-refractivity contribution is 6.12. The van der Waals surface area contributed by atoms with Gasteiger partial charge in [-0.2, -0.15) is 18.4 Å². The smallest absolute Gasteiger partial charge is 0.309 e. The number of hydrogen-bond donors (Lipinski definition) is 0. The second kappa shape index (κ2) is 12.7. The maximum Gasteiger partial charge on any atom is 0.416 e. The lowest BCUT2D eigenvalue weighted by atomic mass is 9.97. The van der Waals surface area contributed by atoms with Gasteiger partial charge in [-0.3, -0.25) is 0 Å². The van der Waals surface area contributed by atoms with E-state index in [4.69, 9.17) is 0 Å². The van der Waals surface area contributed by atoms with Crippen LogP contribution >= 0.6 is 0 Å². The van der Waals surface area contributed by atoms with E-state index in [0.717, 1.165) is 60.8 Å². The van der Waals surface area contributed by atoms with Crippen LogP contribution in [0.5, 0.6) is 0 Å². The quantitative estimate of drug-likeness (QED) is 0.176. The van der Waals surface area contributed by atoms with Gasteiger partial charge in [0, 0.05) is 63.0 Å². The molecule has 56 heavy (non-hydrogen) atoms. The summed E-state index contributed by atoms with van der Waals surface area (Å²) >= 11 is 0. The fourth-order valence-corrected chi connectivity index (χ4v) is 7.77. The Labute approximate surface area is 317 Å². The summed E-state index contributed by atoms with van der Waals surface area (Å²) in [5, 5.41) is 14.6. The molecular formula is C46H26F3N7. The molecule has 0 saturated heterocycles. The van der Waals surface area contributed by atoms with Gasteiger partial charge in [0.2, 0.25) is 0 Å². The first kappa shape index (κ1) is 33.0. The van der Waals surface area contributed by atoms with Crippen LogP contribution in [0.25, 0.3) is 88.9 Å². The van der Waals surface area contributed by atoms with Gasteiger partial charge in [-0.1, -0.05) is 48.5 Å². The maximum absolute atomic E-state index is 14.3. The Balaban J connectivity index is 1.29. The van der Waals surface area contributed by atoms with Gasteiger partial charge in [0.05, 0.1) is 44.6 Å². The first-order valence-corrected chi connectivity index (χ1v) is 17.7. The van der Waals surface area contributed by atoms with E-state index in [-0.39, 0.29) is 0 Å². The van der Waals surface area contributed by atoms with Crippen LogP contribution in [-0.4, -0.2) is 29.1 Å². The van der Waals surface area contributed by atoms with Crippen LogP contribution in [0.4, 0.5) is 13.2 Å². The molecule has 6 aromatic carbocycles. The number of para-hydroxylation sites is 2. The fraction of sp³-hybridized carbons (Fsp3) is 0.0217. The molecule has 10 heteroatoms. The molecule has 0 N–H and O–H groups in total. The Morgan fingerprint density at radius 3 is 1.52 bits per heavy atom. The molecule has 0 amide bonds. The fourth-order valence-electron chi connectivity index (χ4n) is 7.77. The highest BCUT2D eigenvalue weighted by Crippen LogP contribution is 2.42. The molecule has 10 rings (SSSR count). The standard InChI is InChI=1S/C46H26F3N7/c47-46(48,49)32-9-5-8-28(22-32)35-26-42(55-38-12-3-1-10-33(38)36-23-29(14-16-40(36)55)44-51-18-6-19-52-44)31(27-50)25-43(35)56-39-13-4-2-11-34(39)37-24-30(15-17-41(37)56)45-53-20-7-21-54-45/h1-26H. The van der Waals surface area contributed by atoms with E-state index in [0.29, 0.717) is 39.7 Å². The number of alkyl halides is 3. The molecule has 0 aliphatic heterocycles. The molecule has 0 fully saturated rings. The van der Waals surface area contributed by atoms with E-state index in [1.165, 1.54) is 12.1 Å². The number of halogens is 3. The van der Waals surface area contributed by atoms with E-state index in [2.05, 4.69) is 26.0 Å². The van der Waals surface area contributed by atoms with Gasteiger partial charge >= 0.3 is 6.18 Å². The first-order chi connectivity index (χ1) is 27.4. The minimum absolute atomic E-state index is 0.342. The van der Waals surface area contributed by atoms with Gasteiger partial charge < -0.3 is 9.13 Å². The Morgan fingerprint density at radius 2 is 0.982 bits per heavy atom. The Hall–Kier alpha value is -7.64. The van der Waals surface area contributed by atoms with Crippen molar-refractivity contribution in [3.05, 3.63) is 169 Å². The molecular weight excluding hydrogens is 708 g/mol. The van der Waals surface area contributed by atoms with E-state index >= 15 is 0 Å². The second-order valence-corrected chi connectivity index (χ2v) is 13.4. The third-order valence-electron chi connectivity index (χ3n) is 10.2. The van der Waals surface area contributed by atoms with Crippen LogP contribution in [0, 0.1) is 11.3 Å². The predicted octanol–water partition coefficient (Wildman–Crippen LogP) is 11.4. The SMILES string of the molecule is N#Cc1cc(-n2c3ccccc3c3cc(-c4ncccn4)ccc32)c(-c2cccc(C(F)(F)F)c2)cc1-n1c2ccccc2c2cc(-c3ncccn3)ccc21. The molecule has 0 spiro atoms. The minimum atomic E-state index is -4.57. The summed E-state index contributed by atoms with van der Waals surface area (Å²) in [7, 11) is 0. The average Bonchev–Trinajstić information content (AvgIpc) is 3.75. The van der Waals surface area contributed by atoms with Crippen molar-refractivity contribution < 1.29 is 13.2 Å². The number of fused-ring (bicyclic) bond motifs is 6. The van der Waals surface area contributed by atoms with E-state index in [9.17, 15) is 18.4 Å². The van der Waals surface area contributed by atoms with Crippen molar-refractivity contribution in [1.29, 1.82) is 5.26 Å². The highest BCUT2D eigenvalue weighted by atomic mass is 19.4. The van der Waals surface area contributed by atoms with Crippen LogP contribution in [0.1, 0.15) is 11.1 Å². The zero-order valence-corrected chi connectivity index (χ0v) is 29.3. The van der Waals surface area contributed by atoms with E-state index in [1.54, 1.807) is 49.1 Å². The molecule has 0 aliphatic rings. The van der Waals surface area contributed by atoms with Crippen LogP contribution in [0.2, 0.25) is 0 Å². The summed E-state index contributed by atoms with van der Waals surface area (Å²) in [6.07, 6.45) is 2.20. The van der Waals surface area contributed by atoms with Crippen LogP contribution in [0.3, 0.4) is 0 Å². The van der Waals surface area contributed by atoms with Crippen molar-refractivity contribution in [2.75, 3.05) is 0 Å². The average molecular weight is 734 g/mol. The summed E-state index contributed by atoms with van der Waals surface area (Å²) in [4.78, 5) is 17.8. The lowest BCUT2D eigenvalue weighted by molar-refractivity contribution is -0.137. The molecule has 0 bridgehead atoms. The number of rotatable bonds is 5. The lowest BCUT2D eigenvalue weighted by Crippen LogP contribution is -2.06. The Morgan fingerprint density at radius 1 is 0.464 bits per heavy atom. The Kier molecular flexibility index (Phi) is 7.50. The molecule has 4 heterocycles. The normalized spacial score (nSPS) is 11.8. The summed E-state index contributed by atoms with van der Waals surface area (Å²) < 4.78 is 47.0. The van der Waals surface area contributed by atoms with Crippen molar-refractivity contribution in [3.63, 3.8) is 0 Å². The monoisotopic (exact) mass is 733 g/mol. The molecule has 0 aliphatic carbocycles. The largest absolute Gasteiger partial charge is 0.416 e. The maximum atomic E-state index is 14.3. The molecule has 0 radical (unpaired) electrons. The van der Waals surface area contributed by atoms with Gasteiger partial charge in [-0.05, 0) is 90.5 Å². The van der Waals surface area contributed by atoms with Crippen molar-refractivity contribution in [3.8, 4) is 51.3 Å². The van der Waals surface area contributed by atoms with Crippen LogP contribution in [-0.2, 0) is 6.18 Å². The summed E-state index contributed by atoms with van der Waals surface area (Å²) in [5.74, 6) is 1.15. The van der Waals surface area contributed by atoms with Crippen molar-refractivity contribution >= 4 is 43.6 Å². The van der Waals surface area contributed by atoms with Gasteiger partial charge in [0.25, 0.3) is 0 Å². The molecule has 10 aromatic rings. The third-order valence-corrected chi connectivity index (χ3v) is 10.2. The molecule has 7 nitrogen and oxygen atoms in total. The predicted molar refractivity (Wildman–Crippen MR) is 212 cm³/mol. The van der Waals surface area contributed by atoms with Crippen LogP contribution < -0.4 is 0 Å². The summed E-state index contributed by atoms with van der Waals surface area (Å²) in [5.41, 5.74) is 6.46. The Bertz CT molecular complexity index is 3200. The molecule has 266 valence electrons. The second-order valence-electron chi connectivity index (χ2n) is 13.4. The summed E-state index contributed by atoms with van der Waals surface area (Å²) in [6.45, 7) is 0. The molecule has 4 aromatic heterocycles. The molecule has 0 unspecified atom stereocenters. The lowest BCUT2D eigenvalue weighted by Gasteiger charge is -2.19. The van der Waals surface area contributed by atoms with Gasteiger partial charge in [-0.15, -0.1) is 0 Å². The highest BCUT2D eigenvalue weighted by Gasteiger charge is 2.31. The van der Waals surface area contributed by atoms with Crippen molar-refractivity contribution in [1.82, 2.24) is 29.1 Å². The minimum Gasteiger partial charge on any atom is -0.309 e. The number of nitriles is 1. The number of aromatic nitrogens is 6. The van der Waals surface area contributed by atoms with Gasteiger partial charge in [-0.25, -0.2) is 19.9 Å². The number of benzene rings is 6. The zero-order chi connectivity index (χ0) is 38.0. The first-order valence-electron chi connectivity index (χ1n) is 17.7. The van der Waals surface area contributed by atoms with E-state index in [1.807, 2.05) is 100 Å². The summed E-state index contributed by atoms with van der Waals surface area (Å²) in [6, 6.07) is 42.6. The van der Waals surface area contributed by atoms with Crippen molar-refractivity contribution in [2.45, 2.75) is 6.18 Å². The topological polar surface area (TPSA) is 85.2 Å².